The number of aryl methyl sites for hydroxylation is 1. The lowest BCUT2D eigenvalue weighted by Crippen LogP contribution is -2.22. The Morgan fingerprint density at radius 1 is 0.971 bits per heavy atom. The molecule has 5 rings (SSSR count). The molecular formula is C26H16Cl3N3O2S. The highest BCUT2D eigenvalue weighted by Gasteiger charge is 2.14. The number of rotatable bonds is 4. The summed E-state index contributed by atoms with van der Waals surface area (Å²) in [4.78, 5) is 17.4. The Kier molecular flexibility index (Phi) is 6.62. The van der Waals surface area contributed by atoms with E-state index >= 15 is 0 Å². The lowest BCUT2D eigenvalue weighted by molar-refractivity contribution is 0.0951. The van der Waals surface area contributed by atoms with E-state index in [0.29, 0.717) is 36.8 Å². The Bertz CT molecular complexity index is 1640. The van der Waals surface area contributed by atoms with E-state index in [1.807, 2.05) is 36.6 Å². The number of nitrogens with one attached hydrogen (secondary N) is 1. The van der Waals surface area contributed by atoms with E-state index in [9.17, 15) is 4.79 Å². The fourth-order valence-electron chi connectivity index (χ4n) is 3.39. The second-order valence-corrected chi connectivity index (χ2v) is 9.84. The molecular weight excluding hydrogens is 525 g/mol. The van der Waals surface area contributed by atoms with E-state index in [0.717, 1.165) is 22.2 Å². The van der Waals surface area contributed by atoms with Gasteiger partial charge in [-0.15, -0.1) is 16.4 Å². The monoisotopic (exact) mass is 539 g/mol. The number of fused-ring (bicyclic) bond motifs is 1. The quantitative estimate of drug-likeness (QED) is 0.237. The van der Waals surface area contributed by atoms with Crippen LogP contribution in [-0.4, -0.2) is 10.9 Å². The number of amides is 1. The van der Waals surface area contributed by atoms with Gasteiger partial charge in [0.15, 0.2) is 0 Å². The third-order valence-electron chi connectivity index (χ3n) is 5.23. The summed E-state index contributed by atoms with van der Waals surface area (Å²) in [6.45, 7) is 1.96. The Balaban J connectivity index is 1.58. The number of carbonyl (C=O) groups is 1. The van der Waals surface area contributed by atoms with Gasteiger partial charge < -0.3 is 4.42 Å². The minimum atomic E-state index is -0.349. The smallest absolute Gasteiger partial charge is 0.271 e. The zero-order valence-corrected chi connectivity index (χ0v) is 21.3. The standard InChI is InChI=1S/C26H16Cl3N3O2S/c1-14-2-4-15(5-3-14)24(33)31-32-25-19(11-17-10-18(27)7-9-23(17)34-25)26-30-22(13-35-26)16-6-8-20(28)21(29)12-16/h2-13H,1H3,(H,31,33)/b32-25-. The van der Waals surface area contributed by atoms with Crippen LogP contribution in [0.25, 0.3) is 32.8 Å². The maximum Gasteiger partial charge on any atom is 0.271 e. The van der Waals surface area contributed by atoms with Gasteiger partial charge in [-0.25, -0.2) is 10.4 Å². The Labute approximate surface area is 219 Å². The normalized spacial score (nSPS) is 11.7. The van der Waals surface area contributed by atoms with Crippen molar-refractivity contribution in [2.24, 2.45) is 5.10 Å². The molecule has 174 valence electrons. The zero-order valence-electron chi connectivity index (χ0n) is 18.2. The van der Waals surface area contributed by atoms with E-state index in [4.69, 9.17) is 44.2 Å². The number of hydrogen-bond donors (Lipinski definition) is 1. The molecule has 5 aromatic rings. The van der Waals surface area contributed by atoms with Crippen LogP contribution >= 0.6 is 46.1 Å². The highest BCUT2D eigenvalue weighted by molar-refractivity contribution is 7.13. The molecule has 35 heavy (non-hydrogen) atoms. The minimum absolute atomic E-state index is 0.218. The molecule has 0 spiro atoms. The Morgan fingerprint density at radius 3 is 2.54 bits per heavy atom. The number of aromatic nitrogens is 1. The molecule has 0 fully saturated rings. The number of thiazole rings is 1. The lowest BCUT2D eigenvalue weighted by Gasteiger charge is -2.04. The van der Waals surface area contributed by atoms with E-state index < -0.39 is 0 Å². The molecule has 2 aromatic heterocycles. The molecule has 0 saturated carbocycles. The molecule has 0 atom stereocenters. The first-order valence-electron chi connectivity index (χ1n) is 10.4. The van der Waals surface area contributed by atoms with Crippen molar-refractivity contribution in [2.45, 2.75) is 6.92 Å². The highest BCUT2D eigenvalue weighted by atomic mass is 35.5. The number of halogens is 3. The van der Waals surface area contributed by atoms with Crippen molar-refractivity contribution >= 4 is 63.0 Å². The van der Waals surface area contributed by atoms with Gasteiger partial charge in [-0.3, -0.25) is 4.79 Å². The zero-order chi connectivity index (χ0) is 24.5. The van der Waals surface area contributed by atoms with Gasteiger partial charge in [-0.05, 0) is 55.5 Å². The molecule has 1 N–H and O–H groups in total. The Morgan fingerprint density at radius 2 is 1.77 bits per heavy atom. The van der Waals surface area contributed by atoms with Crippen molar-refractivity contribution < 1.29 is 9.21 Å². The summed E-state index contributed by atoms with van der Waals surface area (Å²) in [6, 6.07) is 19.7. The van der Waals surface area contributed by atoms with Crippen LogP contribution in [0.15, 0.2) is 81.6 Å². The predicted octanol–water partition coefficient (Wildman–Crippen LogP) is 7.74. The van der Waals surface area contributed by atoms with Crippen LogP contribution < -0.4 is 11.0 Å². The first kappa shape index (κ1) is 23.6. The van der Waals surface area contributed by atoms with E-state index in [-0.39, 0.29) is 11.5 Å². The summed E-state index contributed by atoms with van der Waals surface area (Å²) < 4.78 is 6.05. The second-order valence-electron chi connectivity index (χ2n) is 7.73. The second kappa shape index (κ2) is 9.84. The van der Waals surface area contributed by atoms with Crippen molar-refractivity contribution in [1.29, 1.82) is 0 Å². The molecule has 0 aliphatic carbocycles. The van der Waals surface area contributed by atoms with Crippen LogP contribution in [-0.2, 0) is 0 Å². The van der Waals surface area contributed by atoms with Gasteiger partial charge in [0.2, 0.25) is 5.55 Å². The SMILES string of the molecule is Cc1ccc(C(=O)N/N=c2\oc3ccc(Cl)cc3cc2-c2nc(-c3ccc(Cl)c(Cl)c3)cs2)cc1. The molecule has 0 aliphatic heterocycles. The molecule has 0 radical (unpaired) electrons. The summed E-state index contributed by atoms with van der Waals surface area (Å²) in [5.74, 6) is -0.349. The van der Waals surface area contributed by atoms with Crippen molar-refractivity contribution in [1.82, 2.24) is 10.4 Å². The Hall–Kier alpha value is -3.16. The van der Waals surface area contributed by atoms with Crippen molar-refractivity contribution in [3.05, 3.63) is 104 Å². The molecule has 0 aliphatic rings. The summed E-state index contributed by atoms with van der Waals surface area (Å²) >= 11 is 19.8. The van der Waals surface area contributed by atoms with Crippen LogP contribution in [0.2, 0.25) is 15.1 Å². The minimum Gasteiger partial charge on any atom is -0.436 e. The van der Waals surface area contributed by atoms with Gasteiger partial charge in [-0.2, -0.15) is 0 Å². The summed E-state index contributed by atoms with van der Waals surface area (Å²) in [7, 11) is 0. The summed E-state index contributed by atoms with van der Waals surface area (Å²) in [6.07, 6.45) is 0. The third kappa shape index (κ3) is 5.11. The molecule has 9 heteroatoms. The molecule has 0 saturated heterocycles. The number of carbonyl (C=O) groups excluding carboxylic acids is 1. The van der Waals surface area contributed by atoms with Crippen LogP contribution in [0.3, 0.4) is 0 Å². The lowest BCUT2D eigenvalue weighted by atomic mass is 10.1. The predicted molar refractivity (Wildman–Crippen MR) is 142 cm³/mol. The van der Waals surface area contributed by atoms with E-state index in [1.165, 1.54) is 11.3 Å². The van der Waals surface area contributed by atoms with Gasteiger partial charge in [0.1, 0.15) is 10.6 Å². The number of nitrogens with zero attached hydrogens (tertiary/aromatic N) is 2. The maximum atomic E-state index is 12.6. The highest BCUT2D eigenvalue weighted by Crippen LogP contribution is 2.32. The van der Waals surface area contributed by atoms with E-state index in [1.54, 1.807) is 42.5 Å². The number of benzene rings is 3. The topological polar surface area (TPSA) is 67.5 Å². The van der Waals surface area contributed by atoms with Crippen LogP contribution in [0.1, 0.15) is 15.9 Å². The molecule has 0 unspecified atom stereocenters. The summed E-state index contributed by atoms with van der Waals surface area (Å²) in [5.41, 5.74) is 7.09. The average molecular weight is 541 g/mol. The number of hydrogen-bond acceptors (Lipinski definition) is 5. The van der Waals surface area contributed by atoms with Crippen LogP contribution in [0, 0.1) is 6.92 Å². The fourth-order valence-corrected chi connectivity index (χ4v) is 4.71. The first-order valence-corrected chi connectivity index (χ1v) is 12.4. The van der Waals surface area contributed by atoms with Gasteiger partial charge in [-0.1, -0.05) is 58.6 Å². The molecule has 5 nitrogen and oxygen atoms in total. The average Bonchev–Trinajstić information content (AvgIpc) is 3.34. The molecule has 2 heterocycles. The maximum absolute atomic E-state index is 12.6. The van der Waals surface area contributed by atoms with Gasteiger partial charge in [0.25, 0.3) is 5.91 Å². The fraction of sp³-hybridized carbons (Fsp3) is 0.0385. The van der Waals surface area contributed by atoms with Crippen molar-refractivity contribution in [3.8, 4) is 21.8 Å². The molecule has 0 bridgehead atoms. The summed E-state index contributed by atoms with van der Waals surface area (Å²) in [5, 5.41) is 9.13. The van der Waals surface area contributed by atoms with Gasteiger partial charge >= 0.3 is 0 Å². The van der Waals surface area contributed by atoms with Crippen molar-refractivity contribution in [2.75, 3.05) is 0 Å². The van der Waals surface area contributed by atoms with Crippen molar-refractivity contribution in [3.63, 3.8) is 0 Å². The largest absolute Gasteiger partial charge is 0.436 e. The third-order valence-corrected chi connectivity index (χ3v) is 7.08. The van der Waals surface area contributed by atoms with Gasteiger partial charge in [0, 0.05) is 26.9 Å². The van der Waals surface area contributed by atoms with E-state index in [2.05, 4.69) is 10.5 Å². The van der Waals surface area contributed by atoms with Gasteiger partial charge in [0.05, 0.1) is 21.3 Å². The van der Waals surface area contributed by atoms with Crippen LogP contribution in [0.5, 0.6) is 0 Å². The van der Waals surface area contributed by atoms with Crippen LogP contribution in [0.4, 0.5) is 0 Å². The molecule has 3 aromatic carbocycles. The molecule has 1 amide bonds. The first-order chi connectivity index (χ1) is 16.9.